The van der Waals surface area contributed by atoms with Gasteiger partial charge < -0.3 is 15.0 Å². The van der Waals surface area contributed by atoms with Gasteiger partial charge in [-0.15, -0.1) is 0 Å². The van der Waals surface area contributed by atoms with Crippen LogP contribution in [0.2, 0.25) is 10.0 Å². The second-order valence-corrected chi connectivity index (χ2v) is 6.41. The maximum atomic E-state index is 6.22. The van der Waals surface area contributed by atoms with E-state index in [0.717, 1.165) is 36.9 Å². The summed E-state index contributed by atoms with van der Waals surface area (Å²) in [4.78, 5) is 6.77. The standard InChI is InChI=1S/C18H19Cl2N3O/c1-24-16-6-2-13(3-7-16)12-23-9-8-21-18(23)22-11-14-4-5-15(19)10-17(14)20/h2-7,10H,8-9,11-12H2,1H3,(H,21,22). The summed E-state index contributed by atoms with van der Waals surface area (Å²) in [5.74, 6) is 1.77. The Balaban J connectivity index is 1.60. The van der Waals surface area contributed by atoms with E-state index >= 15 is 0 Å². The van der Waals surface area contributed by atoms with Crippen molar-refractivity contribution >= 4 is 29.2 Å². The summed E-state index contributed by atoms with van der Waals surface area (Å²) >= 11 is 12.2. The van der Waals surface area contributed by atoms with Crippen molar-refractivity contribution in [2.24, 2.45) is 4.99 Å². The number of methoxy groups -OCH3 is 1. The van der Waals surface area contributed by atoms with Crippen molar-refractivity contribution in [1.82, 2.24) is 10.2 Å². The summed E-state index contributed by atoms with van der Waals surface area (Å²) in [7, 11) is 1.67. The first-order valence-electron chi connectivity index (χ1n) is 7.76. The predicted molar refractivity (Wildman–Crippen MR) is 99.0 cm³/mol. The van der Waals surface area contributed by atoms with E-state index in [9.17, 15) is 0 Å². The zero-order chi connectivity index (χ0) is 16.9. The molecular weight excluding hydrogens is 345 g/mol. The monoisotopic (exact) mass is 363 g/mol. The van der Waals surface area contributed by atoms with Crippen molar-refractivity contribution in [2.75, 3.05) is 20.2 Å². The van der Waals surface area contributed by atoms with Gasteiger partial charge in [0.05, 0.1) is 13.7 Å². The number of hydrogen-bond acceptors (Lipinski definition) is 4. The highest BCUT2D eigenvalue weighted by Crippen LogP contribution is 2.21. The fraction of sp³-hybridized carbons (Fsp3) is 0.278. The molecule has 0 fully saturated rings. The molecule has 0 saturated heterocycles. The Morgan fingerprint density at radius 2 is 1.96 bits per heavy atom. The maximum absolute atomic E-state index is 6.22. The Hall–Kier alpha value is -1.91. The van der Waals surface area contributed by atoms with Crippen molar-refractivity contribution in [1.29, 1.82) is 0 Å². The van der Waals surface area contributed by atoms with E-state index in [0.29, 0.717) is 16.6 Å². The molecule has 0 radical (unpaired) electrons. The molecular formula is C18H19Cl2N3O. The number of nitrogens with one attached hydrogen (secondary N) is 1. The molecule has 126 valence electrons. The molecule has 4 nitrogen and oxygen atoms in total. The number of benzene rings is 2. The van der Waals surface area contributed by atoms with Gasteiger partial charge in [-0.3, -0.25) is 4.99 Å². The van der Waals surface area contributed by atoms with Crippen molar-refractivity contribution in [3.8, 4) is 5.75 Å². The Labute approximate surface area is 152 Å². The minimum Gasteiger partial charge on any atom is -0.497 e. The van der Waals surface area contributed by atoms with Gasteiger partial charge in [-0.05, 0) is 35.4 Å². The molecule has 0 atom stereocenters. The maximum Gasteiger partial charge on any atom is 0.194 e. The molecule has 3 rings (SSSR count). The second-order valence-electron chi connectivity index (χ2n) is 5.56. The van der Waals surface area contributed by atoms with Gasteiger partial charge in [0.2, 0.25) is 0 Å². The largest absolute Gasteiger partial charge is 0.497 e. The molecule has 24 heavy (non-hydrogen) atoms. The van der Waals surface area contributed by atoms with Crippen molar-refractivity contribution in [3.05, 3.63) is 63.6 Å². The van der Waals surface area contributed by atoms with Crippen LogP contribution in [0.5, 0.6) is 5.75 Å². The summed E-state index contributed by atoms with van der Waals surface area (Å²) in [5, 5.41) is 4.68. The molecule has 1 heterocycles. The molecule has 0 bridgehead atoms. The SMILES string of the molecule is COc1ccc(CN2CCN=C2NCc2ccc(Cl)cc2Cl)cc1. The van der Waals surface area contributed by atoms with Gasteiger partial charge in [0.1, 0.15) is 5.75 Å². The highest BCUT2D eigenvalue weighted by Gasteiger charge is 2.17. The molecule has 0 saturated carbocycles. The smallest absolute Gasteiger partial charge is 0.194 e. The minimum absolute atomic E-state index is 0.619. The number of halogens is 2. The first kappa shape index (κ1) is 16.9. The van der Waals surface area contributed by atoms with Gasteiger partial charge in [0.15, 0.2) is 5.96 Å². The third-order valence-electron chi connectivity index (χ3n) is 3.92. The van der Waals surface area contributed by atoms with Crippen LogP contribution in [0.3, 0.4) is 0 Å². The number of aliphatic imine (C=N–C) groups is 1. The number of guanidine groups is 1. The van der Waals surface area contributed by atoms with Crippen LogP contribution in [0.15, 0.2) is 47.5 Å². The van der Waals surface area contributed by atoms with Crippen LogP contribution in [-0.4, -0.2) is 31.1 Å². The summed E-state index contributed by atoms with van der Waals surface area (Å²) < 4.78 is 5.20. The Morgan fingerprint density at radius 3 is 2.67 bits per heavy atom. The van der Waals surface area contributed by atoms with Gasteiger partial charge in [0, 0.05) is 29.7 Å². The Bertz CT molecular complexity index is 732. The molecule has 0 spiro atoms. The van der Waals surface area contributed by atoms with Crippen molar-refractivity contribution in [2.45, 2.75) is 13.1 Å². The van der Waals surface area contributed by atoms with Gasteiger partial charge in [0.25, 0.3) is 0 Å². The zero-order valence-corrected chi connectivity index (χ0v) is 14.9. The van der Waals surface area contributed by atoms with E-state index in [4.69, 9.17) is 27.9 Å². The summed E-state index contributed by atoms with van der Waals surface area (Å²) in [6, 6.07) is 13.6. The normalized spacial score (nSPS) is 13.8. The first-order chi connectivity index (χ1) is 11.7. The lowest BCUT2D eigenvalue weighted by atomic mass is 10.2. The van der Waals surface area contributed by atoms with Crippen LogP contribution in [0, 0.1) is 0 Å². The van der Waals surface area contributed by atoms with E-state index in [2.05, 4.69) is 27.3 Å². The summed E-state index contributed by atoms with van der Waals surface area (Å²) in [6.45, 7) is 3.13. The van der Waals surface area contributed by atoms with Crippen LogP contribution in [0.25, 0.3) is 0 Å². The number of ether oxygens (including phenoxy) is 1. The number of rotatable bonds is 5. The third-order valence-corrected chi connectivity index (χ3v) is 4.50. The van der Waals surface area contributed by atoms with E-state index in [1.807, 2.05) is 24.3 Å². The zero-order valence-electron chi connectivity index (χ0n) is 13.4. The lowest BCUT2D eigenvalue weighted by molar-refractivity contribution is 0.413. The lowest BCUT2D eigenvalue weighted by Gasteiger charge is -2.21. The van der Waals surface area contributed by atoms with Crippen molar-refractivity contribution < 1.29 is 4.74 Å². The topological polar surface area (TPSA) is 36.9 Å². The van der Waals surface area contributed by atoms with Gasteiger partial charge in [-0.1, -0.05) is 41.4 Å². The highest BCUT2D eigenvalue weighted by molar-refractivity contribution is 6.35. The van der Waals surface area contributed by atoms with Crippen LogP contribution in [0.4, 0.5) is 0 Å². The van der Waals surface area contributed by atoms with E-state index in [1.165, 1.54) is 5.56 Å². The fourth-order valence-electron chi connectivity index (χ4n) is 2.59. The number of nitrogens with zero attached hydrogens (tertiary/aromatic N) is 2. The molecule has 1 N–H and O–H groups in total. The van der Waals surface area contributed by atoms with Crippen LogP contribution < -0.4 is 10.1 Å². The average molecular weight is 364 g/mol. The van der Waals surface area contributed by atoms with E-state index in [-0.39, 0.29) is 0 Å². The summed E-state index contributed by atoms with van der Waals surface area (Å²) in [5.41, 5.74) is 2.22. The molecule has 2 aromatic carbocycles. The molecule has 1 aliphatic rings. The van der Waals surface area contributed by atoms with Gasteiger partial charge >= 0.3 is 0 Å². The van der Waals surface area contributed by atoms with Crippen LogP contribution in [-0.2, 0) is 13.1 Å². The Kier molecular flexibility index (Phi) is 5.48. The molecule has 2 aromatic rings. The Morgan fingerprint density at radius 1 is 1.17 bits per heavy atom. The quantitative estimate of drug-likeness (QED) is 0.873. The average Bonchev–Trinajstić information content (AvgIpc) is 3.02. The molecule has 0 aliphatic carbocycles. The van der Waals surface area contributed by atoms with Gasteiger partial charge in [-0.2, -0.15) is 0 Å². The van der Waals surface area contributed by atoms with Gasteiger partial charge in [-0.25, -0.2) is 0 Å². The highest BCUT2D eigenvalue weighted by atomic mass is 35.5. The molecule has 1 aliphatic heterocycles. The summed E-state index contributed by atoms with van der Waals surface area (Å²) in [6.07, 6.45) is 0. The van der Waals surface area contributed by atoms with Crippen LogP contribution in [0.1, 0.15) is 11.1 Å². The van der Waals surface area contributed by atoms with E-state index < -0.39 is 0 Å². The van der Waals surface area contributed by atoms with Crippen LogP contribution >= 0.6 is 23.2 Å². The third kappa shape index (κ3) is 4.13. The molecule has 0 aromatic heterocycles. The van der Waals surface area contributed by atoms with E-state index in [1.54, 1.807) is 13.2 Å². The first-order valence-corrected chi connectivity index (χ1v) is 8.51. The fourth-order valence-corrected chi connectivity index (χ4v) is 3.07. The molecule has 6 heteroatoms. The minimum atomic E-state index is 0.619. The predicted octanol–water partition coefficient (Wildman–Crippen LogP) is 3.96. The second kappa shape index (κ2) is 7.77. The van der Waals surface area contributed by atoms with Crippen molar-refractivity contribution in [3.63, 3.8) is 0 Å². The number of hydrogen-bond donors (Lipinski definition) is 1. The molecule has 0 amide bonds. The molecule has 0 unspecified atom stereocenters. The lowest BCUT2D eigenvalue weighted by Crippen LogP contribution is -2.37.